The molecule has 3 aliphatic heterocycles. The van der Waals surface area contributed by atoms with E-state index < -0.39 is 4.81 Å². The fourth-order valence-corrected chi connectivity index (χ4v) is 22.5. The zero-order valence-corrected chi connectivity index (χ0v) is 16.2. The molecule has 3 aromatic heterocycles. The number of fused-ring (bicyclic) bond motifs is 3. The summed E-state index contributed by atoms with van der Waals surface area (Å²) in [7, 11) is 0. The van der Waals surface area contributed by atoms with Gasteiger partial charge in [0.2, 0.25) is 0 Å². The second-order valence-electron chi connectivity index (χ2n) is 5.92. The molecule has 0 fully saturated rings. The zero-order chi connectivity index (χ0) is 16.6. The average molecular weight is 407 g/mol. The molecule has 3 aliphatic rings. The van der Waals surface area contributed by atoms with E-state index >= 15 is 0 Å². The summed E-state index contributed by atoms with van der Waals surface area (Å²) in [5, 5.41) is 2.86. The van der Waals surface area contributed by atoms with Crippen molar-refractivity contribution in [2.75, 3.05) is 0 Å². The van der Waals surface area contributed by atoms with Crippen LogP contribution >= 0.6 is 33.6 Å². The van der Waals surface area contributed by atoms with Crippen molar-refractivity contribution in [2.24, 2.45) is 0 Å². The van der Waals surface area contributed by atoms with Crippen LogP contribution in [0.15, 0.2) is 88.3 Å². The van der Waals surface area contributed by atoms with E-state index in [1.54, 1.807) is 47.8 Å². The van der Waals surface area contributed by atoms with Crippen LogP contribution in [0.4, 0.5) is 0 Å². The van der Waals surface area contributed by atoms with Crippen LogP contribution in [0, 0.1) is 0 Å². The molecule has 0 aliphatic carbocycles. The van der Waals surface area contributed by atoms with Gasteiger partial charge in [-0.3, -0.25) is 0 Å². The second-order valence-corrected chi connectivity index (χ2v) is 23.2. The molecule has 0 amide bonds. The molecule has 0 aromatic carbocycles. The van der Waals surface area contributed by atoms with Crippen LogP contribution in [0.25, 0.3) is 0 Å². The number of rotatable bonds is 0. The molecule has 0 N–H and O–H groups in total. The standard InChI is InChI=1S/C15H12N3O3S3Si/c1-4-10-16-13(7-1)22-25(19-16,20-17-11-5-2-8-14(17)23-25)21-18-12-6-3-9-15(18)24-25/h1-12H/q+1. The number of aromatic nitrogens is 3. The molecule has 10 heteroatoms. The van der Waals surface area contributed by atoms with E-state index in [9.17, 15) is 0 Å². The molecule has 3 aromatic rings. The van der Waals surface area contributed by atoms with E-state index in [0.29, 0.717) is 0 Å². The van der Waals surface area contributed by atoms with Crippen molar-refractivity contribution in [3.63, 3.8) is 0 Å². The third-order valence-electron chi connectivity index (χ3n) is 4.16. The molecule has 0 bridgehead atoms. The van der Waals surface area contributed by atoms with E-state index in [4.69, 9.17) is 13.6 Å². The summed E-state index contributed by atoms with van der Waals surface area (Å²) >= 11 is 4.66. The van der Waals surface area contributed by atoms with Crippen LogP contribution in [0.1, 0.15) is 0 Å². The summed E-state index contributed by atoms with van der Waals surface area (Å²) in [6.45, 7) is 0. The molecule has 0 unspecified atom stereocenters. The van der Waals surface area contributed by atoms with Gasteiger partial charge in [0.25, 0.3) is 0 Å². The molecule has 0 atom stereocenters. The van der Waals surface area contributed by atoms with Gasteiger partial charge in [-0.1, -0.05) is 0 Å². The average Bonchev–Trinajstić information content (AvgIpc) is 3.18. The second kappa shape index (κ2) is 4.09. The summed E-state index contributed by atoms with van der Waals surface area (Å²) in [5.74, 6) is 0. The normalized spacial score (nSPS) is 24.5. The van der Waals surface area contributed by atoms with Gasteiger partial charge < -0.3 is 0 Å². The van der Waals surface area contributed by atoms with Gasteiger partial charge in [0.15, 0.2) is 0 Å². The van der Waals surface area contributed by atoms with Crippen LogP contribution in [0.2, 0.25) is 0 Å². The van der Waals surface area contributed by atoms with E-state index in [0.717, 1.165) is 15.1 Å². The summed E-state index contributed by atoms with van der Waals surface area (Å²) < 4.78 is 25.2. The Morgan fingerprint density at radius 3 is 1.24 bits per heavy atom. The first-order valence-corrected chi connectivity index (χ1v) is 15.0. The molecular weight excluding hydrogens is 394 g/mol. The molecule has 6 rings (SSSR count). The zero-order valence-electron chi connectivity index (χ0n) is 12.7. The molecule has 0 saturated heterocycles. The molecule has 1 spiro atoms. The van der Waals surface area contributed by atoms with Crippen molar-refractivity contribution in [2.45, 2.75) is 15.1 Å². The number of pyridine rings is 3. The maximum absolute atomic E-state index is 6.63. The number of nitrogens with zero attached hydrogens (tertiary/aromatic N) is 3. The van der Waals surface area contributed by atoms with Crippen LogP contribution in [-0.2, 0) is 0 Å². The Labute approximate surface area is 154 Å². The Morgan fingerprint density at radius 2 is 0.920 bits per heavy atom. The van der Waals surface area contributed by atoms with Crippen molar-refractivity contribution in [3.05, 3.63) is 73.2 Å². The third kappa shape index (κ3) is 1.67. The molecule has 6 nitrogen and oxygen atoms in total. The first-order valence-electron chi connectivity index (χ1n) is 7.70. The Balaban J connectivity index is 1.64. The van der Waals surface area contributed by atoms with Gasteiger partial charge in [-0.25, -0.2) is 0 Å². The van der Waals surface area contributed by atoms with E-state index in [-0.39, 0.29) is 0 Å². The van der Waals surface area contributed by atoms with Crippen LogP contribution in [0.5, 0.6) is 0 Å². The van der Waals surface area contributed by atoms with Gasteiger partial charge in [0, 0.05) is 0 Å². The summed E-state index contributed by atoms with van der Waals surface area (Å²) in [4.78, 5) is -4.70. The third-order valence-corrected chi connectivity index (χ3v) is 20.8. The van der Waals surface area contributed by atoms with Gasteiger partial charge in [0.1, 0.15) is 0 Å². The van der Waals surface area contributed by atoms with Crippen LogP contribution in [0.3, 0.4) is 0 Å². The van der Waals surface area contributed by atoms with E-state index in [1.165, 1.54) is 0 Å². The van der Waals surface area contributed by atoms with Gasteiger partial charge >= 0.3 is 154 Å². The van der Waals surface area contributed by atoms with Gasteiger partial charge in [-0.05, 0) is 0 Å². The predicted molar refractivity (Wildman–Crippen MR) is 93.0 cm³/mol. The first-order chi connectivity index (χ1) is 12.1. The van der Waals surface area contributed by atoms with E-state index in [2.05, 4.69) is 0 Å². The Hall–Kier alpha value is -1.88. The summed E-state index contributed by atoms with van der Waals surface area (Å²) in [6, 6.07) is 17.8. The molecule has 25 heavy (non-hydrogen) atoms. The van der Waals surface area contributed by atoms with Gasteiger partial charge in [0.05, 0.1) is 0 Å². The topological polar surface area (TPSA) is 39.3 Å². The maximum atomic E-state index is 6.63. The number of hydrogen-bond donors (Lipinski definition) is 0. The van der Waals surface area contributed by atoms with E-state index in [1.807, 2.05) is 73.2 Å². The van der Waals surface area contributed by atoms with Crippen molar-refractivity contribution in [1.82, 2.24) is 0 Å². The molecule has 0 saturated carbocycles. The summed E-state index contributed by atoms with van der Waals surface area (Å²) in [6.07, 6.45) is 5.67. The molecule has 6 heterocycles. The first kappa shape index (κ1) is 14.3. The fourth-order valence-electron chi connectivity index (χ4n) is 3.22. The van der Waals surface area contributed by atoms with Crippen molar-refractivity contribution >= 4 is 38.4 Å². The Bertz CT molecular complexity index is 864. The molecule has 0 radical (unpaired) electrons. The van der Waals surface area contributed by atoms with Gasteiger partial charge in [-0.15, -0.1) is 0 Å². The van der Waals surface area contributed by atoms with Crippen molar-refractivity contribution in [1.29, 1.82) is 0 Å². The minimum atomic E-state index is -4.70. The number of hydrogen-bond acceptors (Lipinski definition) is 6. The quantitative estimate of drug-likeness (QED) is 0.408. The van der Waals surface area contributed by atoms with Crippen molar-refractivity contribution in [3.8, 4) is 0 Å². The Morgan fingerprint density at radius 1 is 0.560 bits per heavy atom. The fraction of sp³-hybridized carbons (Fsp3) is 0. The SMILES string of the molecule is c1cc[n+]2c(c1)S[Si-2]13(O2)(O[n+]2ccccc2S1)O[n+]1ccccc1S3. The predicted octanol–water partition coefficient (Wildman–Crippen LogP) is 0.889. The van der Waals surface area contributed by atoms with Crippen molar-refractivity contribution < 1.29 is 27.8 Å². The van der Waals surface area contributed by atoms with Gasteiger partial charge in [-0.2, -0.15) is 0 Å². The Kier molecular flexibility index (Phi) is 2.34. The molecule has 126 valence electrons. The minimum absolute atomic E-state index is 0.953. The van der Waals surface area contributed by atoms with Crippen LogP contribution < -0.4 is 27.8 Å². The monoisotopic (exact) mass is 406 g/mol. The molecular formula is C15H12N3O3S3Si+. The summed E-state index contributed by atoms with van der Waals surface area (Å²) in [5.41, 5.74) is 0. The van der Waals surface area contributed by atoms with Crippen LogP contribution in [-0.4, -0.2) is 4.81 Å².